The molecule has 0 radical (unpaired) electrons. The molecule has 122 valence electrons. The van der Waals surface area contributed by atoms with E-state index in [9.17, 15) is 8.78 Å². The summed E-state index contributed by atoms with van der Waals surface area (Å²) >= 11 is 0. The molecule has 3 aromatic rings. The molecular weight excluding hydrogens is 316 g/mol. The van der Waals surface area contributed by atoms with Crippen molar-refractivity contribution in [3.63, 3.8) is 0 Å². The van der Waals surface area contributed by atoms with Gasteiger partial charge < -0.3 is 15.8 Å². The molecule has 0 amide bonds. The largest absolute Gasteiger partial charge is 0.485 e. The first-order chi connectivity index (χ1) is 11.6. The number of halogens is 2. The standard InChI is InChI=1S/C16H13F2N5O/c17-12-7-6-11(8-13(12)18)24-9-14-21-15(19)23-16(22-14)20-10-4-2-1-3-5-10/h1-8H,9H2,(H3,19,20,21,22,23). The van der Waals surface area contributed by atoms with E-state index in [0.717, 1.165) is 17.8 Å². The van der Waals surface area contributed by atoms with Gasteiger partial charge in [-0.15, -0.1) is 0 Å². The quantitative estimate of drug-likeness (QED) is 0.748. The zero-order valence-corrected chi connectivity index (χ0v) is 12.4. The van der Waals surface area contributed by atoms with Gasteiger partial charge in [-0.3, -0.25) is 0 Å². The van der Waals surface area contributed by atoms with Gasteiger partial charge in [0.05, 0.1) is 0 Å². The van der Waals surface area contributed by atoms with Crippen LogP contribution < -0.4 is 15.8 Å². The minimum atomic E-state index is -0.992. The molecule has 0 saturated carbocycles. The Morgan fingerprint density at radius 2 is 1.75 bits per heavy atom. The summed E-state index contributed by atoms with van der Waals surface area (Å²) in [5.41, 5.74) is 6.45. The third kappa shape index (κ3) is 3.92. The number of nitrogens with one attached hydrogen (secondary N) is 1. The normalized spacial score (nSPS) is 10.4. The van der Waals surface area contributed by atoms with Crippen LogP contribution in [0.2, 0.25) is 0 Å². The van der Waals surface area contributed by atoms with Crippen molar-refractivity contribution in [1.29, 1.82) is 0 Å². The van der Waals surface area contributed by atoms with Crippen molar-refractivity contribution in [2.45, 2.75) is 6.61 Å². The molecular formula is C16H13F2N5O. The minimum absolute atomic E-state index is 0.0207. The number of nitrogens with zero attached hydrogens (tertiary/aromatic N) is 3. The van der Waals surface area contributed by atoms with E-state index in [0.29, 0.717) is 0 Å². The van der Waals surface area contributed by atoms with Gasteiger partial charge in [0, 0.05) is 11.8 Å². The van der Waals surface area contributed by atoms with E-state index >= 15 is 0 Å². The molecule has 0 spiro atoms. The lowest BCUT2D eigenvalue weighted by Gasteiger charge is -2.08. The summed E-state index contributed by atoms with van der Waals surface area (Å²) in [5, 5.41) is 2.99. The summed E-state index contributed by atoms with van der Waals surface area (Å²) in [5.74, 6) is -1.24. The predicted molar refractivity (Wildman–Crippen MR) is 84.7 cm³/mol. The highest BCUT2D eigenvalue weighted by Crippen LogP contribution is 2.17. The number of aromatic nitrogens is 3. The molecule has 6 nitrogen and oxygen atoms in total. The van der Waals surface area contributed by atoms with Gasteiger partial charge in [-0.25, -0.2) is 8.78 Å². The lowest BCUT2D eigenvalue weighted by molar-refractivity contribution is 0.293. The first kappa shape index (κ1) is 15.6. The Morgan fingerprint density at radius 3 is 2.50 bits per heavy atom. The fraction of sp³-hybridized carbons (Fsp3) is 0.0625. The second-order valence-corrected chi connectivity index (χ2v) is 4.79. The number of nitrogen functional groups attached to an aromatic ring is 1. The van der Waals surface area contributed by atoms with Crippen molar-refractivity contribution in [3.8, 4) is 5.75 Å². The van der Waals surface area contributed by atoms with Crippen molar-refractivity contribution in [3.05, 3.63) is 66.0 Å². The van der Waals surface area contributed by atoms with Crippen LogP contribution in [0.15, 0.2) is 48.5 Å². The SMILES string of the molecule is Nc1nc(COc2ccc(F)c(F)c2)nc(Nc2ccccc2)n1. The number of benzene rings is 2. The third-order valence-electron chi connectivity index (χ3n) is 2.99. The number of rotatable bonds is 5. The highest BCUT2D eigenvalue weighted by atomic mass is 19.2. The van der Waals surface area contributed by atoms with E-state index in [1.54, 1.807) is 0 Å². The number of ether oxygens (including phenoxy) is 1. The predicted octanol–water partition coefficient (Wildman–Crippen LogP) is 3.05. The Balaban J connectivity index is 1.72. The van der Waals surface area contributed by atoms with Crippen LogP contribution in [0.5, 0.6) is 5.75 Å². The molecule has 2 aromatic carbocycles. The van der Waals surface area contributed by atoms with E-state index in [4.69, 9.17) is 10.5 Å². The van der Waals surface area contributed by atoms with E-state index in [1.165, 1.54) is 6.07 Å². The molecule has 0 bridgehead atoms. The zero-order valence-electron chi connectivity index (χ0n) is 12.4. The van der Waals surface area contributed by atoms with Gasteiger partial charge in [-0.05, 0) is 24.3 Å². The molecule has 0 unspecified atom stereocenters. The second-order valence-electron chi connectivity index (χ2n) is 4.79. The van der Waals surface area contributed by atoms with Crippen molar-refractivity contribution >= 4 is 17.6 Å². The topological polar surface area (TPSA) is 86.0 Å². The number of hydrogen-bond acceptors (Lipinski definition) is 6. The first-order valence-corrected chi connectivity index (χ1v) is 7.00. The molecule has 3 rings (SSSR count). The highest BCUT2D eigenvalue weighted by Gasteiger charge is 2.08. The summed E-state index contributed by atoms with van der Waals surface area (Å²) in [7, 11) is 0. The van der Waals surface area contributed by atoms with Crippen LogP contribution in [0.3, 0.4) is 0 Å². The van der Waals surface area contributed by atoms with Gasteiger partial charge in [0.25, 0.3) is 0 Å². The Hall–Kier alpha value is -3.29. The van der Waals surface area contributed by atoms with Gasteiger partial charge >= 0.3 is 0 Å². The average molecular weight is 329 g/mol. The minimum Gasteiger partial charge on any atom is -0.485 e. The Kier molecular flexibility index (Phi) is 4.46. The van der Waals surface area contributed by atoms with Gasteiger partial charge in [-0.2, -0.15) is 15.0 Å². The Labute approximate surface area is 136 Å². The fourth-order valence-corrected chi connectivity index (χ4v) is 1.92. The summed E-state index contributed by atoms with van der Waals surface area (Å²) in [4.78, 5) is 12.1. The number of para-hydroxylation sites is 1. The summed E-state index contributed by atoms with van der Waals surface area (Å²) < 4.78 is 31.4. The molecule has 0 atom stereocenters. The third-order valence-corrected chi connectivity index (χ3v) is 2.99. The fourth-order valence-electron chi connectivity index (χ4n) is 1.92. The van der Waals surface area contributed by atoms with E-state index in [2.05, 4.69) is 20.3 Å². The molecule has 0 aliphatic heterocycles. The highest BCUT2D eigenvalue weighted by molar-refractivity contribution is 5.53. The lowest BCUT2D eigenvalue weighted by atomic mass is 10.3. The summed E-state index contributed by atoms with van der Waals surface area (Å²) in [6, 6.07) is 12.5. The molecule has 0 fully saturated rings. The van der Waals surface area contributed by atoms with Crippen LogP contribution in [0.4, 0.5) is 26.4 Å². The van der Waals surface area contributed by atoms with E-state index in [1.807, 2.05) is 30.3 Å². The second kappa shape index (κ2) is 6.86. The van der Waals surface area contributed by atoms with Gasteiger partial charge in [0.15, 0.2) is 17.5 Å². The van der Waals surface area contributed by atoms with Gasteiger partial charge in [0.2, 0.25) is 11.9 Å². The van der Waals surface area contributed by atoms with E-state index in [-0.39, 0.29) is 30.1 Å². The molecule has 8 heteroatoms. The summed E-state index contributed by atoms with van der Waals surface area (Å²) in [6.07, 6.45) is 0. The van der Waals surface area contributed by atoms with Gasteiger partial charge in [0.1, 0.15) is 12.4 Å². The molecule has 1 aromatic heterocycles. The van der Waals surface area contributed by atoms with Gasteiger partial charge in [-0.1, -0.05) is 18.2 Å². The Bertz CT molecular complexity index is 845. The number of hydrogen-bond donors (Lipinski definition) is 2. The number of anilines is 3. The molecule has 0 saturated heterocycles. The smallest absolute Gasteiger partial charge is 0.232 e. The van der Waals surface area contributed by atoms with Crippen LogP contribution in [0.25, 0.3) is 0 Å². The lowest BCUT2D eigenvalue weighted by Crippen LogP contribution is -2.09. The Morgan fingerprint density at radius 1 is 0.958 bits per heavy atom. The zero-order chi connectivity index (χ0) is 16.9. The summed E-state index contributed by atoms with van der Waals surface area (Å²) in [6.45, 7) is -0.0682. The van der Waals surface area contributed by atoms with Crippen LogP contribution in [-0.2, 0) is 6.61 Å². The van der Waals surface area contributed by atoms with Crippen molar-refractivity contribution in [2.24, 2.45) is 0 Å². The van der Waals surface area contributed by atoms with Crippen LogP contribution in [0, 0.1) is 11.6 Å². The monoisotopic (exact) mass is 329 g/mol. The maximum atomic E-state index is 13.1. The maximum Gasteiger partial charge on any atom is 0.232 e. The molecule has 24 heavy (non-hydrogen) atoms. The van der Waals surface area contributed by atoms with Crippen LogP contribution >= 0.6 is 0 Å². The van der Waals surface area contributed by atoms with Crippen molar-refractivity contribution < 1.29 is 13.5 Å². The molecule has 0 aliphatic carbocycles. The number of nitrogens with two attached hydrogens (primary N) is 1. The van der Waals surface area contributed by atoms with Crippen molar-refractivity contribution in [2.75, 3.05) is 11.1 Å². The van der Waals surface area contributed by atoms with E-state index < -0.39 is 11.6 Å². The van der Waals surface area contributed by atoms with Crippen molar-refractivity contribution in [1.82, 2.24) is 15.0 Å². The molecule has 3 N–H and O–H groups in total. The maximum absolute atomic E-state index is 13.1. The first-order valence-electron chi connectivity index (χ1n) is 7.00. The van der Waals surface area contributed by atoms with Crippen LogP contribution in [-0.4, -0.2) is 15.0 Å². The molecule has 0 aliphatic rings. The van der Waals surface area contributed by atoms with Crippen LogP contribution in [0.1, 0.15) is 5.82 Å². The average Bonchev–Trinajstić information content (AvgIpc) is 2.56. The molecule has 1 heterocycles.